The molecule has 25 heavy (non-hydrogen) atoms. The van der Waals surface area contributed by atoms with Gasteiger partial charge >= 0.3 is 0 Å². The van der Waals surface area contributed by atoms with Gasteiger partial charge in [0.2, 0.25) is 0 Å². The first-order valence-corrected chi connectivity index (χ1v) is 8.48. The van der Waals surface area contributed by atoms with E-state index in [-0.39, 0.29) is 11.9 Å². The highest BCUT2D eigenvalue weighted by atomic mass is 19.1. The van der Waals surface area contributed by atoms with Gasteiger partial charge < -0.3 is 4.74 Å². The van der Waals surface area contributed by atoms with Gasteiger partial charge in [0, 0.05) is 38.3 Å². The summed E-state index contributed by atoms with van der Waals surface area (Å²) in [4.78, 5) is 6.88. The van der Waals surface area contributed by atoms with Crippen molar-refractivity contribution >= 4 is 11.0 Å². The zero-order chi connectivity index (χ0) is 17.4. The van der Waals surface area contributed by atoms with E-state index >= 15 is 0 Å². The van der Waals surface area contributed by atoms with E-state index in [0.29, 0.717) is 6.61 Å². The minimum absolute atomic E-state index is 0.0960. The summed E-state index contributed by atoms with van der Waals surface area (Å²) >= 11 is 0. The van der Waals surface area contributed by atoms with Gasteiger partial charge in [0.05, 0.1) is 18.4 Å². The fraction of sp³-hybridized carbons (Fsp3) is 0.368. The minimum atomic E-state index is -0.222. The Hall–Kier alpha value is -2.31. The highest BCUT2D eigenvalue weighted by molar-refractivity contribution is 5.78. The third-order valence-corrected chi connectivity index (χ3v) is 4.70. The summed E-state index contributed by atoms with van der Waals surface area (Å²) in [5.74, 6) is -0.222. The molecule has 0 spiro atoms. The fourth-order valence-corrected chi connectivity index (χ4v) is 3.45. The molecule has 0 N–H and O–H groups in total. The molecule has 1 aliphatic rings. The molecular formula is C19H21FN4O. The molecule has 1 unspecified atom stereocenters. The Bertz CT molecular complexity index is 908. The molecule has 3 aromatic rings. The summed E-state index contributed by atoms with van der Waals surface area (Å²) in [6, 6.07) is 8.83. The maximum absolute atomic E-state index is 13.5. The lowest BCUT2D eigenvalue weighted by Crippen LogP contribution is -2.37. The highest BCUT2D eigenvalue weighted by Gasteiger charge is 2.22. The van der Waals surface area contributed by atoms with Crippen LogP contribution in [0.5, 0.6) is 0 Å². The van der Waals surface area contributed by atoms with Crippen molar-refractivity contribution < 1.29 is 9.13 Å². The van der Waals surface area contributed by atoms with Gasteiger partial charge in [-0.25, -0.2) is 9.37 Å². The quantitative estimate of drug-likeness (QED) is 0.735. The molecule has 1 saturated heterocycles. The number of hydrogen-bond acceptors (Lipinski definition) is 4. The Morgan fingerprint density at radius 1 is 1.32 bits per heavy atom. The number of hydrogen-bond donors (Lipinski definition) is 0. The summed E-state index contributed by atoms with van der Waals surface area (Å²) in [5.41, 5.74) is 3.94. The van der Waals surface area contributed by atoms with Crippen molar-refractivity contribution in [3.8, 4) is 0 Å². The molecule has 0 saturated carbocycles. The van der Waals surface area contributed by atoms with Crippen LogP contribution in [0.2, 0.25) is 0 Å². The summed E-state index contributed by atoms with van der Waals surface area (Å²) in [6.45, 7) is 5.04. The molecule has 1 atom stereocenters. The molecule has 130 valence electrons. The number of ether oxygens (including phenoxy) is 1. The SMILES string of the molecule is Cc1nn(C)c2ncc(CN3CCOC(c4cccc(F)c4)C3)cc12. The van der Waals surface area contributed by atoms with Crippen molar-refractivity contribution in [3.63, 3.8) is 0 Å². The Morgan fingerprint density at radius 3 is 3.04 bits per heavy atom. The topological polar surface area (TPSA) is 43.2 Å². The summed E-state index contributed by atoms with van der Waals surface area (Å²) in [5, 5.41) is 5.52. The predicted molar refractivity (Wildman–Crippen MR) is 93.6 cm³/mol. The molecule has 1 aromatic carbocycles. The van der Waals surface area contributed by atoms with Gasteiger partial charge in [-0.2, -0.15) is 5.10 Å². The van der Waals surface area contributed by atoms with Crippen LogP contribution in [-0.2, 0) is 18.3 Å². The van der Waals surface area contributed by atoms with Gasteiger partial charge in [0.15, 0.2) is 5.65 Å². The van der Waals surface area contributed by atoms with E-state index < -0.39 is 0 Å². The van der Waals surface area contributed by atoms with E-state index in [2.05, 4.69) is 21.0 Å². The Morgan fingerprint density at radius 2 is 2.20 bits per heavy atom. The summed E-state index contributed by atoms with van der Waals surface area (Å²) in [7, 11) is 1.91. The van der Waals surface area contributed by atoms with Crippen molar-refractivity contribution in [2.24, 2.45) is 7.05 Å². The summed E-state index contributed by atoms with van der Waals surface area (Å²) in [6.07, 6.45) is 1.82. The zero-order valence-corrected chi connectivity index (χ0v) is 14.4. The molecule has 1 aliphatic heterocycles. The molecule has 0 bridgehead atoms. The van der Waals surface area contributed by atoms with Crippen molar-refractivity contribution in [2.45, 2.75) is 19.6 Å². The normalized spacial score (nSPS) is 18.8. The standard InChI is InChI=1S/C19H21FN4O/c1-13-17-8-14(10-21-19(17)23(2)22-13)11-24-6-7-25-18(12-24)15-4-3-5-16(20)9-15/h3-5,8-10,18H,6-7,11-12H2,1-2H3. The number of aryl methyl sites for hydroxylation is 2. The van der Waals surface area contributed by atoms with Crippen LogP contribution in [-0.4, -0.2) is 39.4 Å². The van der Waals surface area contributed by atoms with E-state index in [4.69, 9.17) is 4.74 Å². The van der Waals surface area contributed by atoms with Crippen LogP contribution in [0.1, 0.15) is 22.9 Å². The molecule has 2 aromatic heterocycles. The van der Waals surface area contributed by atoms with Crippen LogP contribution in [0, 0.1) is 12.7 Å². The van der Waals surface area contributed by atoms with E-state index in [9.17, 15) is 4.39 Å². The maximum Gasteiger partial charge on any atom is 0.157 e. The molecule has 4 rings (SSSR count). The number of rotatable bonds is 3. The highest BCUT2D eigenvalue weighted by Crippen LogP contribution is 2.24. The van der Waals surface area contributed by atoms with Crippen LogP contribution in [0.3, 0.4) is 0 Å². The molecule has 0 amide bonds. The van der Waals surface area contributed by atoms with Gasteiger partial charge in [-0.05, 0) is 36.2 Å². The second kappa shape index (κ2) is 6.54. The number of nitrogens with zero attached hydrogens (tertiary/aromatic N) is 4. The first-order chi connectivity index (χ1) is 12.1. The van der Waals surface area contributed by atoms with Crippen molar-refractivity contribution in [1.29, 1.82) is 0 Å². The first-order valence-electron chi connectivity index (χ1n) is 8.48. The largest absolute Gasteiger partial charge is 0.371 e. The van der Waals surface area contributed by atoms with Crippen molar-refractivity contribution in [2.75, 3.05) is 19.7 Å². The lowest BCUT2D eigenvalue weighted by Gasteiger charge is -2.33. The number of morpholine rings is 1. The smallest absolute Gasteiger partial charge is 0.157 e. The van der Waals surface area contributed by atoms with Crippen LogP contribution in [0.4, 0.5) is 4.39 Å². The molecule has 6 heteroatoms. The Balaban J connectivity index is 1.51. The number of pyridine rings is 1. The monoisotopic (exact) mass is 340 g/mol. The minimum Gasteiger partial charge on any atom is -0.371 e. The molecule has 1 fully saturated rings. The molecule has 0 radical (unpaired) electrons. The molecular weight excluding hydrogens is 319 g/mol. The Kier molecular flexibility index (Phi) is 4.23. The van der Waals surface area contributed by atoms with E-state index in [1.54, 1.807) is 12.1 Å². The van der Waals surface area contributed by atoms with Crippen LogP contribution < -0.4 is 0 Å². The zero-order valence-electron chi connectivity index (χ0n) is 14.4. The lowest BCUT2D eigenvalue weighted by molar-refractivity contribution is -0.0330. The maximum atomic E-state index is 13.5. The van der Waals surface area contributed by atoms with Gasteiger partial charge in [-0.3, -0.25) is 9.58 Å². The number of fused-ring (bicyclic) bond motifs is 1. The second-order valence-electron chi connectivity index (χ2n) is 6.57. The summed E-state index contributed by atoms with van der Waals surface area (Å²) < 4.78 is 21.1. The third-order valence-electron chi connectivity index (χ3n) is 4.70. The number of benzene rings is 1. The van der Waals surface area contributed by atoms with Crippen LogP contribution in [0.25, 0.3) is 11.0 Å². The molecule has 0 aliphatic carbocycles. The number of aromatic nitrogens is 3. The first kappa shape index (κ1) is 16.2. The Labute approximate surface area is 146 Å². The average Bonchev–Trinajstić information content (AvgIpc) is 2.89. The van der Waals surface area contributed by atoms with Gasteiger partial charge in [0.25, 0.3) is 0 Å². The van der Waals surface area contributed by atoms with Crippen LogP contribution >= 0.6 is 0 Å². The van der Waals surface area contributed by atoms with E-state index in [1.807, 2.05) is 30.9 Å². The van der Waals surface area contributed by atoms with Crippen LogP contribution in [0.15, 0.2) is 36.5 Å². The predicted octanol–water partition coefficient (Wildman–Crippen LogP) is 2.99. The van der Waals surface area contributed by atoms with Crippen molar-refractivity contribution in [1.82, 2.24) is 19.7 Å². The van der Waals surface area contributed by atoms with Gasteiger partial charge in [-0.15, -0.1) is 0 Å². The fourth-order valence-electron chi connectivity index (χ4n) is 3.45. The van der Waals surface area contributed by atoms with Gasteiger partial charge in [0.1, 0.15) is 5.82 Å². The van der Waals surface area contributed by atoms with E-state index in [0.717, 1.165) is 47.5 Å². The molecule has 5 nitrogen and oxygen atoms in total. The lowest BCUT2D eigenvalue weighted by atomic mass is 10.1. The second-order valence-corrected chi connectivity index (χ2v) is 6.57. The van der Waals surface area contributed by atoms with E-state index in [1.165, 1.54) is 6.07 Å². The average molecular weight is 340 g/mol. The van der Waals surface area contributed by atoms with Crippen molar-refractivity contribution in [3.05, 3.63) is 59.2 Å². The molecule has 3 heterocycles. The van der Waals surface area contributed by atoms with Gasteiger partial charge in [-0.1, -0.05) is 12.1 Å². The number of halogens is 1. The third kappa shape index (κ3) is 3.27.